The first-order valence-electron chi connectivity index (χ1n) is 5.59. The van der Waals surface area contributed by atoms with Gasteiger partial charge in [-0.15, -0.1) is 0 Å². The van der Waals surface area contributed by atoms with Crippen molar-refractivity contribution in [1.29, 1.82) is 0 Å². The van der Waals surface area contributed by atoms with Crippen LogP contribution in [0.5, 0.6) is 0 Å². The molecular formula is C13H22N2. The molecule has 2 unspecified atom stereocenters. The van der Waals surface area contributed by atoms with Crippen LogP contribution in [0.25, 0.3) is 0 Å². The first-order valence-corrected chi connectivity index (χ1v) is 5.59. The normalized spacial score (nSPS) is 15.3. The predicted octanol–water partition coefficient (Wildman–Crippen LogP) is 2.79. The Morgan fingerprint density at radius 1 is 1.07 bits per heavy atom. The third kappa shape index (κ3) is 3.05. The summed E-state index contributed by atoms with van der Waals surface area (Å²) in [6.07, 6.45) is 0. The fourth-order valence-corrected chi connectivity index (χ4v) is 1.71. The quantitative estimate of drug-likeness (QED) is 0.587. The maximum absolute atomic E-state index is 5.63. The number of nitrogens with two attached hydrogens (primary N) is 1. The molecule has 0 bridgehead atoms. The summed E-state index contributed by atoms with van der Waals surface area (Å²) in [5, 5.41) is 0. The van der Waals surface area contributed by atoms with Crippen LogP contribution in [0.3, 0.4) is 0 Å². The zero-order chi connectivity index (χ0) is 11.4. The summed E-state index contributed by atoms with van der Waals surface area (Å²) < 4.78 is 0. The van der Waals surface area contributed by atoms with Crippen LogP contribution in [0, 0.1) is 18.8 Å². The minimum atomic E-state index is 0.241. The van der Waals surface area contributed by atoms with Gasteiger partial charge in [0.2, 0.25) is 0 Å². The summed E-state index contributed by atoms with van der Waals surface area (Å²) in [6, 6.07) is 8.81. The van der Waals surface area contributed by atoms with Crippen molar-refractivity contribution < 1.29 is 0 Å². The molecule has 0 aliphatic carbocycles. The van der Waals surface area contributed by atoms with Gasteiger partial charge in [0.1, 0.15) is 0 Å². The molecule has 15 heavy (non-hydrogen) atoms. The van der Waals surface area contributed by atoms with Gasteiger partial charge in [-0.3, -0.25) is 11.3 Å². The largest absolute Gasteiger partial charge is 0.271 e. The Morgan fingerprint density at radius 3 is 2.00 bits per heavy atom. The highest BCUT2D eigenvalue weighted by atomic mass is 15.2. The van der Waals surface area contributed by atoms with Crippen LogP contribution in [0.1, 0.15) is 37.9 Å². The summed E-state index contributed by atoms with van der Waals surface area (Å²) >= 11 is 0. The third-order valence-corrected chi connectivity index (χ3v) is 3.19. The molecule has 0 heterocycles. The zero-order valence-electron chi connectivity index (χ0n) is 10.1. The maximum Gasteiger partial charge on any atom is 0.0487 e. The Kier molecular flexibility index (Phi) is 4.30. The van der Waals surface area contributed by atoms with Gasteiger partial charge in [0.15, 0.2) is 0 Å². The minimum Gasteiger partial charge on any atom is -0.271 e. The standard InChI is InChI=1S/C13H22N2/c1-9(2)11(4)13(15-14)12-7-5-10(3)6-8-12/h5-9,11,13,15H,14H2,1-4H3. The Labute approximate surface area is 92.8 Å². The predicted molar refractivity (Wildman–Crippen MR) is 65.2 cm³/mol. The van der Waals surface area contributed by atoms with Crippen LogP contribution in [0.2, 0.25) is 0 Å². The van der Waals surface area contributed by atoms with Crippen LogP contribution in [-0.4, -0.2) is 0 Å². The fraction of sp³-hybridized carbons (Fsp3) is 0.538. The number of rotatable bonds is 4. The molecule has 0 saturated carbocycles. The molecule has 2 atom stereocenters. The van der Waals surface area contributed by atoms with E-state index in [9.17, 15) is 0 Å². The van der Waals surface area contributed by atoms with E-state index in [2.05, 4.69) is 57.4 Å². The van der Waals surface area contributed by atoms with Crippen LogP contribution in [0.15, 0.2) is 24.3 Å². The monoisotopic (exact) mass is 206 g/mol. The summed E-state index contributed by atoms with van der Waals surface area (Å²) in [5.41, 5.74) is 5.47. The van der Waals surface area contributed by atoms with Gasteiger partial charge in [-0.05, 0) is 24.3 Å². The minimum absolute atomic E-state index is 0.241. The highest BCUT2D eigenvalue weighted by molar-refractivity contribution is 5.24. The smallest absolute Gasteiger partial charge is 0.0487 e. The van der Waals surface area contributed by atoms with E-state index in [0.717, 1.165) is 0 Å². The molecular weight excluding hydrogens is 184 g/mol. The number of aryl methyl sites for hydroxylation is 1. The van der Waals surface area contributed by atoms with Crippen LogP contribution in [0.4, 0.5) is 0 Å². The first-order chi connectivity index (χ1) is 7.06. The van der Waals surface area contributed by atoms with Crippen molar-refractivity contribution in [2.45, 2.75) is 33.7 Å². The van der Waals surface area contributed by atoms with Gasteiger partial charge < -0.3 is 0 Å². The number of hydrazine groups is 1. The molecule has 0 aliphatic heterocycles. The molecule has 2 nitrogen and oxygen atoms in total. The van der Waals surface area contributed by atoms with Crippen molar-refractivity contribution in [3.63, 3.8) is 0 Å². The molecule has 1 aromatic rings. The highest BCUT2D eigenvalue weighted by Gasteiger charge is 2.20. The van der Waals surface area contributed by atoms with Crippen molar-refractivity contribution in [2.24, 2.45) is 17.7 Å². The summed E-state index contributed by atoms with van der Waals surface area (Å²) in [5.74, 6) is 6.78. The van der Waals surface area contributed by atoms with Crippen LogP contribution in [-0.2, 0) is 0 Å². The molecule has 0 radical (unpaired) electrons. The summed E-state index contributed by atoms with van der Waals surface area (Å²) in [4.78, 5) is 0. The van der Waals surface area contributed by atoms with Crippen molar-refractivity contribution >= 4 is 0 Å². The highest BCUT2D eigenvalue weighted by Crippen LogP contribution is 2.26. The van der Waals surface area contributed by atoms with E-state index in [0.29, 0.717) is 11.8 Å². The van der Waals surface area contributed by atoms with E-state index in [1.807, 2.05) is 0 Å². The van der Waals surface area contributed by atoms with Gasteiger partial charge in [0.25, 0.3) is 0 Å². The molecule has 0 aliphatic rings. The second-order valence-corrected chi connectivity index (χ2v) is 4.66. The SMILES string of the molecule is Cc1ccc(C(NN)C(C)C(C)C)cc1. The van der Waals surface area contributed by atoms with Gasteiger partial charge in [0, 0.05) is 6.04 Å². The Bertz CT molecular complexity index is 290. The molecule has 84 valence electrons. The summed E-state index contributed by atoms with van der Waals surface area (Å²) in [6.45, 7) is 8.78. The second kappa shape index (κ2) is 5.29. The molecule has 1 aromatic carbocycles. The summed E-state index contributed by atoms with van der Waals surface area (Å²) in [7, 11) is 0. The molecule has 0 amide bonds. The Hall–Kier alpha value is -0.860. The molecule has 0 aromatic heterocycles. The first kappa shape index (κ1) is 12.2. The molecule has 1 rings (SSSR count). The fourth-order valence-electron chi connectivity index (χ4n) is 1.71. The maximum atomic E-state index is 5.63. The lowest BCUT2D eigenvalue weighted by Gasteiger charge is -2.26. The van der Waals surface area contributed by atoms with E-state index >= 15 is 0 Å². The van der Waals surface area contributed by atoms with Crippen molar-refractivity contribution in [2.75, 3.05) is 0 Å². The number of benzene rings is 1. The number of hydrogen-bond acceptors (Lipinski definition) is 2. The number of hydrogen-bond donors (Lipinski definition) is 2. The Morgan fingerprint density at radius 2 is 1.60 bits per heavy atom. The van der Waals surface area contributed by atoms with Gasteiger partial charge in [-0.2, -0.15) is 0 Å². The van der Waals surface area contributed by atoms with Gasteiger partial charge >= 0.3 is 0 Å². The lowest BCUT2D eigenvalue weighted by Crippen LogP contribution is -2.34. The molecule has 3 N–H and O–H groups in total. The van der Waals surface area contributed by atoms with Crippen LogP contribution < -0.4 is 11.3 Å². The lowest BCUT2D eigenvalue weighted by atomic mass is 9.86. The lowest BCUT2D eigenvalue weighted by molar-refractivity contribution is 0.306. The number of nitrogens with one attached hydrogen (secondary N) is 1. The van der Waals surface area contributed by atoms with E-state index < -0.39 is 0 Å². The van der Waals surface area contributed by atoms with E-state index in [4.69, 9.17) is 5.84 Å². The van der Waals surface area contributed by atoms with Gasteiger partial charge in [0.05, 0.1) is 0 Å². The average molecular weight is 206 g/mol. The molecule has 0 saturated heterocycles. The Balaban J connectivity index is 2.87. The van der Waals surface area contributed by atoms with Crippen molar-refractivity contribution in [3.8, 4) is 0 Å². The molecule has 2 heteroatoms. The van der Waals surface area contributed by atoms with Gasteiger partial charge in [-0.25, -0.2) is 0 Å². The zero-order valence-corrected chi connectivity index (χ0v) is 10.1. The van der Waals surface area contributed by atoms with Crippen molar-refractivity contribution in [1.82, 2.24) is 5.43 Å². The van der Waals surface area contributed by atoms with Gasteiger partial charge in [-0.1, -0.05) is 50.6 Å². The van der Waals surface area contributed by atoms with Crippen LogP contribution >= 0.6 is 0 Å². The van der Waals surface area contributed by atoms with E-state index in [1.165, 1.54) is 11.1 Å². The molecule has 0 fully saturated rings. The topological polar surface area (TPSA) is 38.0 Å². The van der Waals surface area contributed by atoms with E-state index in [-0.39, 0.29) is 6.04 Å². The average Bonchev–Trinajstić information content (AvgIpc) is 2.21. The van der Waals surface area contributed by atoms with Crippen molar-refractivity contribution in [3.05, 3.63) is 35.4 Å². The third-order valence-electron chi connectivity index (χ3n) is 3.19. The van der Waals surface area contributed by atoms with E-state index in [1.54, 1.807) is 0 Å². The second-order valence-electron chi connectivity index (χ2n) is 4.66. The molecule has 0 spiro atoms.